The maximum Gasteiger partial charge on any atom is 0.268 e. The fraction of sp³-hybridized carbons (Fsp3) is 0.200. The number of benzene rings is 3. The van der Waals surface area contributed by atoms with E-state index in [4.69, 9.17) is 11.6 Å². The van der Waals surface area contributed by atoms with Crippen molar-refractivity contribution < 1.29 is 9.59 Å². The first-order valence-corrected chi connectivity index (χ1v) is 11.6. The number of halogens is 1. The normalized spacial score (nSPS) is 19.9. The smallest absolute Gasteiger partial charge is 0.268 e. The van der Waals surface area contributed by atoms with Crippen molar-refractivity contribution in [1.82, 2.24) is 4.90 Å². The molecule has 0 radical (unpaired) electrons. The first kappa shape index (κ1) is 20.2. The number of anilines is 1. The Labute approximate surface area is 190 Å². The summed E-state index contributed by atoms with van der Waals surface area (Å²) >= 11 is 7.67. The van der Waals surface area contributed by atoms with Crippen LogP contribution >= 0.6 is 23.4 Å². The minimum absolute atomic E-state index is 0.0620. The quantitative estimate of drug-likeness (QED) is 0.550. The summed E-state index contributed by atoms with van der Waals surface area (Å²) in [7, 11) is 0. The van der Waals surface area contributed by atoms with Crippen molar-refractivity contribution >= 4 is 40.9 Å². The Balaban J connectivity index is 1.58. The number of hydrogen-bond acceptors (Lipinski definition) is 3. The highest BCUT2D eigenvalue weighted by Gasteiger charge is 2.59. The van der Waals surface area contributed by atoms with Gasteiger partial charge in [-0.2, -0.15) is 0 Å². The molecule has 0 aliphatic carbocycles. The van der Waals surface area contributed by atoms with Gasteiger partial charge in [0.1, 0.15) is 0 Å². The van der Waals surface area contributed by atoms with Gasteiger partial charge in [-0.15, -0.1) is 11.8 Å². The molecule has 4 nitrogen and oxygen atoms in total. The molecule has 2 heterocycles. The molecule has 0 aromatic heterocycles. The van der Waals surface area contributed by atoms with Gasteiger partial charge in [0.2, 0.25) is 0 Å². The lowest BCUT2D eigenvalue weighted by Gasteiger charge is -2.33. The van der Waals surface area contributed by atoms with Crippen molar-refractivity contribution in [1.29, 1.82) is 0 Å². The molecule has 0 saturated carbocycles. The van der Waals surface area contributed by atoms with Crippen molar-refractivity contribution in [2.24, 2.45) is 0 Å². The van der Waals surface area contributed by atoms with Crippen LogP contribution in [-0.2, 0) is 16.2 Å². The Hall–Kier alpha value is -2.76. The molecule has 3 aromatic rings. The van der Waals surface area contributed by atoms with Gasteiger partial charge >= 0.3 is 0 Å². The van der Waals surface area contributed by atoms with Crippen molar-refractivity contribution in [3.8, 4) is 0 Å². The molecule has 1 spiro atoms. The summed E-state index contributed by atoms with van der Waals surface area (Å²) in [6.45, 7) is 3.02. The van der Waals surface area contributed by atoms with E-state index in [0.717, 1.165) is 22.4 Å². The van der Waals surface area contributed by atoms with E-state index in [0.29, 0.717) is 29.4 Å². The van der Waals surface area contributed by atoms with E-state index < -0.39 is 4.87 Å². The summed E-state index contributed by atoms with van der Waals surface area (Å²) in [5.74, 6) is 0.464. The fourth-order valence-electron chi connectivity index (χ4n) is 4.50. The van der Waals surface area contributed by atoms with E-state index in [2.05, 4.69) is 6.07 Å². The second kappa shape index (κ2) is 7.74. The maximum atomic E-state index is 14.0. The number of aryl methyl sites for hydroxylation is 1. The molecule has 2 aliphatic rings. The predicted molar refractivity (Wildman–Crippen MR) is 125 cm³/mol. The van der Waals surface area contributed by atoms with Gasteiger partial charge < -0.3 is 9.80 Å². The number of rotatable bonds is 3. The number of carbonyl (C=O) groups is 2. The third kappa shape index (κ3) is 3.24. The highest BCUT2D eigenvalue weighted by Crippen LogP contribution is 2.54. The summed E-state index contributed by atoms with van der Waals surface area (Å²) in [5.41, 5.74) is 4.46. The first-order chi connectivity index (χ1) is 15.0. The van der Waals surface area contributed by atoms with Gasteiger partial charge in [-0.05, 0) is 36.8 Å². The number of carbonyl (C=O) groups excluding carboxylic acids is 2. The van der Waals surface area contributed by atoms with Crippen LogP contribution in [0.2, 0.25) is 5.02 Å². The number of fused-ring (bicyclic) bond motifs is 2. The second-order valence-electron chi connectivity index (χ2n) is 7.86. The van der Waals surface area contributed by atoms with Gasteiger partial charge in [-0.3, -0.25) is 9.59 Å². The lowest BCUT2D eigenvalue weighted by molar-refractivity contribution is -0.123. The minimum atomic E-state index is -1.04. The largest absolute Gasteiger partial charge is 0.311 e. The molecule has 31 heavy (non-hydrogen) atoms. The van der Waals surface area contributed by atoms with E-state index in [9.17, 15) is 9.59 Å². The van der Waals surface area contributed by atoms with Crippen molar-refractivity contribution in [3.63, 3.8) is 0 Å². The monoisotopic (exact) mass is 448 g/mol. The molecule has 0 N–H and O–H groups in total. The molecule has 0 bridgehead atoms. The van der Waals surface area contributed by atoms with E-state index in [1.165, 1.54) is 11.8 Å². The van der Waals surface area contributed by atoms with Gasteiger partial charge in [0, 0.05) is 28.4 Å². The van der Waals surface area contributed by atoms with Crippen LogP contribution in [0.3, 0.4) is 0 Å². The molecule has 1 saturated heterocycles. The fourth-order valence-corrected chi connectivity index (χ4v) is 6.15. The van der Waals surface area contributed by atoms with Gasteiger partial charge in [0.25, 0.3) is 11.8 Å². The molecule has 1 fully saturated rings. The average Bonchev–Trinajstić information content (AvgIpc) is 3.31. The van der Waals surface area contributed by atoms with E-state index in [1.807, 2.05) is 54.3 Å². The van der Waals surface area contributed by atoms with E-state index >= 15 is 0 Å². The lowest BCUT2D eigenvalue weighted by Crippen LogP contribution is -2.50. The van der Waals surface area contributed by atoms with Crippen molar-refractivity contribution in [2.75, 3.05) is 17.2 Å². The van der Waals surface area contributed by atoms with Crippen molar-refractivity contribution in [2.45, 2.75) is 18.3 Å². The van der Waals surface area contributed by atoms with E-state index in [-0.39, 0.29) is 11.8 Å². The van der Waals surface area contributed by atoms with Crippen LogP contribution in [0.15, 0.2) is 72.8 Å². The van der Waals surface area contributed by atoms with Crippen LogP contribution in [0.1, 0.15) is 27.0 Å². The Morgan fingerprint density at radius 3 is 2.68 bits per heavy atom. The number of nitrogens with zero attached hydrogens (tertiary/aromatic N) is 2. The third-order valence-electron chi connectivity index (χ3n) is 5.84. The number of thioether (sulfide) groups is 1. The lowest BCUT2D eigenvalue weighted by atomic mass is 10.0. The van der Waals surface area contributed by atoms with Crippen LogP contribution in [0.25, 0.3) is 0 Å². The minimum Gasteiger partial charge on any atom is -0.311 e. The van der Waals surface area contributed by atoms with Crippen LogP contribution in [0.4, 0.5) is 5.69 Å². The van der Waals surface area contributed by atoms with Crippen LogP contribution in [0.5, 0.6) is 0 Å². The second-order valence-corrected chi connectivity index (χ2v) is 9.58. The number of hydrogen-bond donors (Lipinski definition) is 0. The Morgan fingerprint density at radius 2 is 1.87 bits per heavy atom. The molecule has 6 heteroatoms. The van der Waals surface area contributed by atoms with Gasteiger partial charge in [-0.1, -0.05) is 65.7 Å². The predicted octanol–water partition coefficient (Wildman–Crippen LogP) is 5.24. The molecular weight excluding hydrogens is 428 g/mol. The molecule has 3 aromatic carbocycles. The molecule has 156 valence electrons. The molecule has 5 rings (SSSR count). The topological polar surface area (TPSA) is 40.6 Å². The summed E-state index contributed by atoms with van der Waals surface area (Å²) in [5, 5.41) is 0.506. The molecule has 1 atom stereocenters. The van der Waals surface area contributed by atoms with Crippen molar-refractivity contribution in [3.05, 3.63) is 100 Å². The zero-order chi connectivity index (χ0) is 21.6. The van der Waals surface area contributed by atoms with Gasteiger partial charge in [0.15, 0.2) is 4.87 Å². The SMILES string of the molecule is Cc1cccc(CN2C(=O)C3(SCCN3C(=O)c3cccc(Cl)c3)c3ccccc32)c1. The summed E-state index contributed by atoms with van der Waals surface area (Å²) < 4.78 is 0. The molecule has 1 unspecified atom stereocenters. The highest BCUT2D eigenvalue weighted by molar-refractivity contribution is 8.01. The summed E-state index contributed by atoms with van der Waals surface area (Å²) in [4.78, 5) is 30.0. The zero-order valence-electron chi connectivity index (χ0n) is 17.0. The first-order valence-electron chi connectivity index (χ1n) is 10.2. The molecule has 2 aliphatic heterocycles. The van der Waals surface area contributed by atoms with Gasteiger partial charge in [0.05, 0.1) is 12.2 Å². The van der Waals surface area contributed by atoms with Crippen LogP contribution in [-0.4, -0.2) is 29.0 Å². The molecular formula is C25H21ClN2O2S. The summed E-state index contributed by atoms with van der Waals surface area (Å²) in [6.07, 6.45) is 0. The number of para-hydroxylation sites is 1. The summed E-state index contributed by atoms with van der Waals surface area (Å²) in [6, 6.07) is 22.9. The highest BCUT2D eigenvalue weighted by atomic mass is 35.5. The van der Waals surface area contributed by atoms with Gasteiger partial charge in [-0.25, -0.2) is 0 Å². The third-order valence-corrected chi connectivity index (χ3v) is 7.50. The molecule has 2 amide bonds. The Morgan fingerprint density at radius 1 is 1.06 bits per heavy atom. The van der Waals surface area contributed by atoms with Crippen LogP contribution < -0.4 is 4.90 Å². The standard InChI is InChI=1S/C25H21ClN2O2S/c1-17-6-4-7-18(14-17)16-27-22-11-3-2-10-21(22)25(24(27)30)28(12-13-31-25)23(29)19-8-5-9-20(26)15-19/h2-11,14-15H,12-13,16H2,1H3. The maximum absolute atomic E-state index is 14.0. The Kier molecular flexibility index (Phi) is 5.03. The number of amides is 2. The van der Waals surface area contributed by atoms with E-state index in [1.54, 1.807) is 29.2 Å². The van der Waals surface area contributed by atoms with Crippen LogP contribution in [0, 0.1) is 6.92 Å². The average molecular weight is 449 g/mol. The Bertz CT molecular complexity index is 1200. The zero-order valence-corrected chi connectivity index (χ0v) is 18.6.